The lowest BCUT2D eigenvalue weighted by Crippen LogP contribution is -2.24. The van der Waals surface area contributed by atoms with Gasteiger partial charge in [-0.1, -0.05) is 84.0 Å². The van der Waals surface area contributed by atoms with Crippen LogP contribution in [-0.4, -0.2) is 18.7 Å². The number of amides is 1. The van der Waals surface area contributed by atoms with Gasteiger partial charge in [0.1, 0.15) is 6.29 Å². The zero-order valence-corrected chi connectivity index (χ0v) is 15.4. The fourth-order valence-electron chi connectivity index (χ4n) is 2.80. The first-order chi connectivity index (χ1) is 11.3. The Morgan fingerprint density at radius 2 is 1.22 bits per heavy atom. The van der Waals surface area contributed by atoms with Crippen molar-refractivity contribution in [3.63, 3.8) is 0 Å². The topological polar surface area (TPSA) is 46.2 Å². The van der Waals surface area contributed by atoms with E-state index in [0.29, 0.717) is 19.4 Å². The largest absolute Gasteiger partial charge is 0.356 e. The Balaban J connectivity index is 3.09. The quantitative estimate of drug-likeness (QED) is 0.265. The van der Waals surface area contributed by atoms with Gasteiger partial charge < -0.3 is 10.1 Å². The highest BCUT2D eigenvalue weighted by atomic mass is 16.1. The van der Waals surface area contributed by atoms with Crippen LogP contribution in [0.4, 0.5) is 0 Å². The lowest BCUT2D eigenvalue weighted by molar-refractivity contribution is -0.121. The van der Waals surface area contributed by atoms with Gasteiger partial charge in [0.2, 0.25) is 5.91 Å². The molecular weight excluding hydrogens is 286 g/mol. The van der Waals surface area contributed by atoms with Crippen molar-refractivity contribution in [1.29, 1.82) is 0 Å². The second-order valence-electron chi connectivity index (χ2n) is 6.65. The van der Waals surface area contributed by atoms with Crippen LogP contribution in [0.25, 0.3) is 0 Å². The number of hydrogen-bond acceptors (Lipinski definition) is 2. The molecule has 0 atom stereocenters. The smallest absolute Gasteiger partial charge is 0.219 e. The maximum absolute atomic E-state index is 11.5. The first-order valence-corrected chi connectivity index (χ1v) is 10.0. The fraction of sp³-hybridized carbons (Fsp3) is 0.900. The van der Waals surface area contributed by atoms with Crippen molar-refractivity contribution in [1.82, 2.24) is 5.32 Å². The molecule has 136 valence electrons. The average Bonchev–Trinajstić information content (AvgIpc) is 2.56. The van der Waals surface area contributed by atoms with Gasteiger partial charge in [-0.2, -0.15) is 0 Å². The van der Waals surface area contributed by atoms with Crippen molar-refractivity contribution in [2.45, 2.75) is 110 Å². The third-order valence-corrected chi connectivity index (χ3v) is 4.33. The lowest BCUT2D eigenvalue weighted by Gasteiger charge is -2.04. The standard InChI is InChI=1S/C20H39NO2/c1-2-3-4-5-6-7-8-9-10-11-12-13-14-17-20(23)21-18-15-16-19-22/h19H,2-18H2,1H3,(H,21,23). The molecule has 0 aromatic rings. The summed E-state index contributed by atoms with van der Waals surface area (Å²) in [6.45, 7) is 2.90. The summed E-state index contributed by atoms with van der Waals surface area (Å²) in [6, 6.07) is 0. The minimum Gasteiger partial charge on any atom is -0.356 e. The third kappa shape index (κ3) is 19.1. The minimum absolute atomic E-state index is 0.138. The zero-order valence-electron chi connectivity index (χ0n) is 15.4. The van der Waals surface area contributed by atoms with Gasteiger partial charge in [-0.05, 0) is 12.8 Å². The second-order valence-corrected chi connectivity index (χ2v) is 6.65. The highest BCUT2D eigenvalue weighted by molar-refractivity contribution is 5.75. The molecule has 0 aliphatic carbocycles. The number of carbonyl (C=O) groups excluding carboxylic acids is 2. The van der Waals surface area contributed by atoms with Crippen LogP contribution in [-0.2, 0) is 9.59 Å². The summed E-state index contributed by atoms with van der Waals surface area (Å²) in [5, 5.41) is 2.86. The van der Waals surface area contributed by atoms with Crippen LogP contribution in [0.2, 0.25) is 0 Å². The van der Waals surface area contributed by atoms with Gasteiger partial charge in [-0.3, -0.25) is 4.79 Å². The molecule has 0 aliphatic rings. The maximum atomic E-state index is 11.5. The fourth-order valence-corrected chi connectivity index (χ4v) is 2.80. The summed E-state index contributed by atoms with van der Waals surface area (Å²) in [6.07, 6.45) is 20.1. The van der Waals surface area contributed by atoms with Gasteiger partial charge >= 0.3 is 0 Å². The number of carbonyl (C=O) groups is 2. The molecule has 0 rings (SSSR count). The molecular formula is C20H39NO2. The van der Waals surface area contributed by atoms with Gasteiger partial charge in [0.05, 0.1) is 0 Å². The van der Waals surface area contributed by atoms with Crippen molar-refractivity contribution in [2.24, 2.45) is 0 Å². The summed E-state index contributed by atoms with van der Waals surface area (Å²) in [5.41, 5.74) is 0. The Morgan fingerprint density at radius 3 is 1.70 bits per heavy atom. The molecule has 1 N–H and O–H groups in total. The van der Waals surface area contributed by atoms with Crippen LogP contribution in [0.1, 0.15) is 110 Å². The number of rotatable bonds is 18. The van der Waals surface area contributed by atoms with Crippen LogP contribution >= 0.6 is 0 Å². The molecule has 3 nitrogen and oxygen atoms in total. The van der Waals surface area contributed by atoms with Crippen LogP contribution in [0.15, 0.2) is 0 Å². The van der Waals surface area contributed by atoms with Crippen molar-refractivity contribution in [3.8, 4) is 0 Å². The molecule has 0 saturated carbocycles. The Morgan fingerprint density at radius 1 is 0.739 bits per heavy atom. The Bertz CT molecular complexity index is 266. The van der Waals surface area contributed by atoms with E-state index in [2.05, 4.69) is 12.2 Å². The van der Waals surface area contributed by atoms with E-state index in [9.17, 15) is 9.59 Å². The van der Waals surface area contributed by atoms with E-state index in [1.807, 2.05) is 0 Å². The van der Waals surface area contributed by atoms with Gasteiger partial charge in [0.15, 0.2) is 0 Å². The van der Waals surface area contributed by atoms with Gasteiger partial charge in [-0.15, -0.1) is 0 Å². The molecule has 0 aromatic carbocycles. The molecule has 23 heavy (non-hydrogen) atoms. The number of hydrogen-bond donors (Lipinski definition) is 1. The predicted molar refractivity (Wildman–Crippen MR) is 98.6 cm³/mol. The van der Waals surface area contributed by atoms with E-state index in [-0.39, 0.29) is 5.91 Å². The summed E-state index contributed by atoms with van der Waals surface area (Å²) in [7, 11) is 0. The van der Waals surface area contributed by atoms with Crippen LogP contribution in [0, 0.1) is 0 Å². The molecule has 1 amide bonds. The number of aldehydes is 1. The van der Waals surface area contributed by atoms with E-state index < -0.39 is 0 Å². The number of unbranched alkanes of at least 4 members (excludes halogenated alkanes) is 13. The molecule has 0 fully saturated rings. The minimum atomic E-state index is 0.138. The molecule has 0 spiro atoms. The highest BCUT2D eigenvalue weighted by Crippen LogP contribution is 2.12. The van der Waals surface area contributed by atoms with E-state index in [1.54, 1.807) is 0 Å². The number of nitrogens with one attached hydrogen (secondary N) is 1. The van der Waals surface area contributed by atoms with Crippen molar-refractivity contribution < 1.29 is 9.59 Å². The van der Waals surface area contributed by atoms with Gasteiger partial charge in [0, 0.05) is 19.4 Å². The van der Waals surface area contributed by atoms with Crippen molar-refractivity contribution in [2.75, 3.05) is 6.54 Å². The third-order valence-electron chi connectivity index (χ3n) is 4.33. The van der Waals surface area contributed by atoms with E-state index in [0.717, 1.165) is 19.1 Å². The second kappa shape index (κ2) is 19.2. The molecule has 0 radical (unpaired) electrons. The maximum Gasteiger partial charge on any atom is 0.219 e. The Labute approximate surface area is 144 Å². The monoisotopic (exact) mass is 325 g/mol. The molecule has 0 saturated heterocycles. The predicted octanol–water partition coefficient (Wildman–Crippen LogP) is 5.56. The van der Waals surface area contributed by atoms with Crippen LogP contribution in [0.3, 0.4) is 0 Å². The van der Waals surface area contributed by atoms with Crippen molar-refractivity contribution in [3.05, 3.63) is 0 Å². The Kier molecular flexibility index (Phi) is 18.5. The molecule has 3 heteroatoms. The van der Waals surface area contributed by atoms with Crippen molar-refractivity contribution >= 4 is 12.2 Å². The summed E-state index contributed by atoms with van der Waals surface area (Å²) in [4.78, 5) is 21.7. The first-order valence-electron chi connectivity index (χ1n) is 10.0. The van der Waals surface area contributed by atoms with Gasteiger partial charge in [-0.25, -0.2) is 0 Å². The van der Waals surface area contributed by atoms with Crippen LogP contribution < -0.4 is 5.32 Å². The first kappa shape index (κ1) is 22.1. The lowest BCUT2D eigenvalue weighted by atomic mass is 10.0. The SMILES string of the molecule is CCCCCCCCCCCCCCCC(=O)NCCCC=O. The highest BCUT2D eigenvalue weighted by Gasteiger charge is 2.00. The molecule has 0 aromatic heterocycles. The normalized spacial score (nSPS) is 10.7. The average molecular weight is 326 g/mol. The van der Waals surface area contributed by atoms with E-state index in [4.69, 9.17) is 0 Å². The summed E-state index contributed by atoms with van der Waals surface area (Å²) in [5.74, 6) is 0.138. The van der Waals surface area contributed by atoms with E-state index >= 15 is 0 Å². The summed E-state index contributed by atoms with van der Waals surface area (Å²) < 4.78 is 0. The van der Waals surface area contributed by atoms with E-state index in [1.165, 1.54) is 77.0 Å². The summed E-state index contributed by atoms with van der Waals surface area (Å²) >= 11 is 0. The molecule has 0 bridgehead atoms. The molecule has 0 aliphatic heterocycles. The van der Waals surface area contributed by atoms with Gasteiger partial charge in [0.25, 0.3) is 0 Å². The zero-order chi connectivity index (χ0) is 17.0. The van der Waals surface area contributed by atoms with Crippen LogP contribution in [0.5, 0.6) is 0 Å². The molecule has 0 heterocycles. The molecule has 0 unspecified atom stereocenters. The Hall–Kier alpha value is -0.860.